The van der Waals surface area contributed by atoms with E-state index in [9.17, 15) is 9.18 Å². The molecule has 1 N–H and O–H groups in total. The molecular weight excluding hydrogens is 393 g/mol. The van der Waals surface area contributed by atoms with Crippen molar-refractivity contribution in [2.24, 2.45) is 0 Å². The van der Waals surface area contributed by atoms with Gasteiger partial charge < -0.3 is 4.74 Å². The molecule has 0 unspecified atom stereocenters. The number of anilines is 1. The van der Waals surface area contributed by atoms with E-state index < -0.39 is 5.91 Å². The summed E-state index contributed by atoms with van der Waals surface area (Å²) in [6.07, 6.45) is 0. The van der Waals surface area contributed by atoms with Crippen molar-refractivity contribution in [3.8, 4) is 17.1 Å². The summed E-state index contributed by atoms with van der Waals surface area (Å²) in [7, 11) is 0. The topological polar surface area (TPSA) is 81.4 Å². The van der Waals surface area contributed by atoms with E-state index in [1.54, 1.807) is 36.4 Å². The molecule has 2 heterocycles. The number of fused-ring (bicyclic) bond motifs is 1. The summed E-state index contributed by atoms with van der Waals surface area (Å²) < 4.78 is 20.3. The third kappa shape index (κ3) is 3.74. The van der Waals surface area contributed by atoms with Crippen molar-refractivity contribution in [1.29, 1.82) is 0 Å². The molecule has 2 aromatic carbocycles. The van der Waals surface area contributed by atoms with E-state index >= 15 is 0 Å². The fourth-order valence-corrected chi connectivity index (χ4v) is 3.28. The summed E-state index contributed by atoms with van der Waals surface area (Å²) in [4.78, 5) is 12.6. The fourth-order valence-electron chi connectivity index (χ4n) is 2.34. The highest BCUT2D eigenvalue weighted by molar-refractivity contribution is 7.20. The van der Waals surface area contributed by atoms with Gasteiger partial charge in [-0.1, -0.05) is 47.2 Å². The molecule has 0 aliphatic carbocycles. The van der Waals surface area contributed by atoms with E-state index in [4.69, 9.17) is 16.3 Å². The summed E-state index contributed by atoms with van der Waals surface area (Å²) >= 11 is 7.12. The van der Waals surface area contributed by atoms with Crippen LogP contribution >= 0.6 is 22.9 Å². The summed E-state index contributed by atoms with van der Waals surface area (Å²) in [5.41, 5.74) is 0.535. The van der Waals surface area contributed by atoms with Crippen molar-refractivity contribution in [2.45, 2.75) is 0 Å². The minimum absolute atomic E-state index is 0.222. The van der Waals surface area contributed by atoms with Gasteiger partial charge in [0.2, 0.25) is 10.1 Å². The Morgan fingerprint density at radius 2 is 2.07 bits per heavy atom. The Bertz CT molecular complexity index is 1130. The number of carbonyl (C=O) groups is 1. The molecule has 1 amide bonds. The van der Waals surface area contributed by atoms with Gasteiger partial charge in [0.15, 0.2) is 12.4 Å². The van der Waals surface area contributed by atoms with Gasteiger partial charge in [-0.05, 0) is 24.3 Å². The van der Waals surface area contributed by atoms with E-state index in [2.05, 4.69) is 20.6 Å². The first-order chi connectivity index (χ1) is 13.1. The van der Waals surface area contributed by atoms with Gasteiger partial charge >= 0.3 is 0 Å². The van der Waals surface area contributed by atoms with Crippen LogP contribution in [0.5, 0.6) is 5.75 Å². The summed E-state index contributed by atoms with van der Waals surface area (Å²) in [5.74, 6) is 0.0197. The first kappa shape index (κ1) is 17.4. The first-order valence-electron chi connectivity index (χ1n) is 7.75. The lowest BCUT2D eigenvalue weighted by atomic mass is 10.2. The minimum Gasteiger partial charge on any atom is -0.482 e. The molecule has 2 aromatic heterocycles. The van der Waals surface area contributed by atoms with Crippen molar-refractivity contribution >= 4 is 38.9 Å². The zero-order chi connectivity index (χ0) is 18.8. The number of carbonyl (C=O) groups excluding carboxylic acids is 1. The normalized spacial score (nSPS) is 10.9. The lowest BCUT2D eigenvalue weighted by Crippen LogP contribution is -2.20. The smallest absolute Gasteiger partial charge is 0.264 e. The monoisotopic (exact) mass is 403 g/mol. The zero-order valence-electron chi connectivity index (χ0n) is 13.6. The van der Waals surface area contributed by atoms with Crippen molar-refractivity contribution < 1.29 is 13.9 Å². The number of amides is 1. The van der Waals surface area contributed by atoms with Crippen LogP contribution in [0.25, 0.3) is 16.3 Å². The molecule has 0 aliphatic heterocycles. The van der Waals surface area contributed by atoms with E-state index in [1.807, 2.05) is 0 Å². The molecule has 0 fully saturated rings. The lowest BCUT2D eigenvalue weighted by molar-refractivity contribution is -0.118. The number of para-hydroxylation sites is 1. The maximum absolute atomic E-state index is 13.4. The van der Waals surface area contributed by atoms with Gasteiger partial charge in [-0.25, -0.2) is 4.39 Å². The molecule has 4 aromatic rings. The number of ether oxygens (including phenoxy) is 1. The third-order valence-electron chi connectivity index (χ3n) is 3.52. The second kappa shape index (κ2) is 7.29. The number of benzene rings is 2. The number of hydrogen-bond acceptors (Lipinski definition) is 6. The van der Waals surface area contributed by atoms with Crippen LogP contribution in [0.4, 0.5) is 9.52 Å². The van der Waals surface area contributed by atoms with Crippen LogP contribution in [0.3, 0.4) is 0 Å². The number of hydrogen-bond donors (Lipinski definition) is 1. The SMILES string of the molecule is O=C(COc1ccccc1Cl)Nc1nn2c(-c3cccc(F)c3)nnc2s1. The predicted octanol–water partition coefficient (Wildman–Crippen LogP) is 3.66. The van der Waals surface area contributed by atoms with Crippen LogP contribution in [0.15, 0.2) is 48.5 Å². The Hall–Kier alpha value is -3.04. The highest BCUT2D eigenvalue weighted by Crippen LogP contribution is 2.25. The van der Waals surface area contributed by atoms with Gasteiger partial charge in [0.1, 0.15) is 11.6 Å². The van der Waals surface area contributed by atoms with Crippen molar-refractivity contribution in [3.05, 3.63) is 59.4 Å². The fraction of sp³-hybridized carbons (Fsp3) is 0.0588. The van der Waals surface area contributed by atoms with Crippen molar-refractivity contribution in [2.75, 3.05) is 11.9 Å². The molecule has 0 saturated heterocycles. The number of aromatic nitrogens is 4. The van der Waals surface area contributed by atoms with Crippen LogP contribution in [-0.2, 0) is 4.79 Å². The number of rotatable bonds is 5. The van der Waals surface area contributed by atoms with Gasteiger partial charge in [0.05, 0.1) is 5.02 Å². The summed E-state index contributed by atoms with van der Waals surface area (Å²) in [6, 6.07) is 12.8. The Morgan fingerprint density at radius 1 is 1.22 bits per heavy atom. The standard InChI is InChI=1S/C17H11ClFN5O2S/c18-12-6-1-2-7-13(12)26-9-14(25)20-16-23-24-15(21-22-17(24)27-16)10-4-3-5-11(19)8-10/h1-8H,9H2,(H,20,23,25). The van der Waals surface area contributed by atoms with Crippen LogP contribution in [-0.4, -0.2) is 32.3 Å². The largest absolute Gasteiger partial charge is 0.482 e. The average Bonchev–Trinajstić information content (AvgIpc) is 3.21. The third-order valence-corrected chi connectivity index (χ3v) is 4.64. The van der Waals surface area contributed by atoms with Gasteiger partial charge in [0.25, 0.3) is 5.91 Å². The lowest BCUT2D eigenvalue weighted by Gasteiger charge is -2.06. The van der Waals surface area contributed by atoms with Gasteiger partial charge in [0, 0.05) is 5.56 Å². The Balaban J connectivity index is 1.48. The molecule has 10 heteroatoms. The van der Waals surface area contributed by atoms with E-state index in [-0.39, 0.29) is 12.4 Å². The van der Waals surface area contributed by atoms with Crippen molar-refractivity contribution in [3.63, 3.8) is 0 Å². The molecule has 0 saturated carbocycles. The molecular formula is C17H11ClFN5O2S. The Kier molecular flexibility index (Phi) is 4.69. The van der Waals surface area contributed by atoms with Gasteiger partial charge in [-0.3, -0.25) is 10.1 Å². The molecule has 0 bridgehead atoms. The van der Waals surface area contributed by atoms with Crippen LogP contribution in [0.2, 0.25) is 5.02 Å². The van der Waals surface area contributed by atoms with Crippen LogP contribution in [0, 0.1) is 5.82 Å². The average molecular weight is 404 g/mol. The molecule has 27 heavy (non-hydrogen) atoms. The minimum atomic E-state index is -0.396. The zero-order valence-corrected chi connectivity index (χ0v) is 15.2. The quantitative estimate of drug-likeness (QED) is 0.550. The van der Waals surface area contributed by atoms with Gasteiger partial charge in [-0.2, -0.15) is 4.52 Å². The second-order valence-corrected chi connectivity index (χ2v) is 6.77. The molecule has 0 radical (unpaired) electrons. The highest BCUT2D eigenvalue weighted by atomic mass is 35.5. The molecule has 7 nitrogen and oxygen atoms in total. The number of halogens is 2. The number of nitrogens with one attached hydrogen (secondary N) is 1. The van der Waals surface area contributed by atoms with Gasteiger partial charge in [-0.15, -0.1) is 15.3 Å². The highest BCUT2D eigenvalue weighted by Gasteiger charge is 2.15. The molecule has 0 aliphatic rings. The van der Waals surface area contributed by atoms with Crippen LogP contribution in [0.1, 0.15) is 0 Å². The van der Waals surface area contributed by atoms with Crippen LogP contribution < -0.4 is 10.1 Å². The molecule has 0 spiro atoms. The first-order valence-corrected chi connectivity index (χ1v) is 8.95. The Labute approximate surface area is 161 Å². The maximum atomic E-state index is 13.4. The molecule has 4 rings (SSSR count). The van der Waals surface area contributed by atoms with E-state index in [1.165, 1.54) is 16.6 Å². The number of nitrogens with zero attached hydrogens (tertiary/aromatic N) is 4. The van der Waals surface area contributed by atoms with E-state index in [0.29, 0.717) is 32.3 Å². The van der Waals surface area contributed by atoms with E-state index in [0.717, 1.165) is 11.3 Å². The summed E-state index contributed by atoms with van der Waals surface area (Å²) in [5, 5.41) is 15.7. The maximum Gasteiger partial charge on any atom is 0.264 e. The second-order valence-electron chi connectivity index (χ2n) is 5.40. The Morgan fingerprint density at radius 3 is 2.89 bits per heavy atom. The molecule has 136 valence electrons. The predicted molar refractivity (Wildman–Crippen MR) is 99.6 cm³/mol. The summed E-state index contributed by atoms with van der Waals surface area (Å²) in [6.45, 7) is -0.222. The van der Waals surface area contributed by atoms with Crippen molar-refractivity contribution in [1.82, 2.24) is 19.8 Å². The molecule has 0 atom stereocenters.